The first-order chi connectivity index (χ1) is 14.9. The van der Waals surface area contributed by atoms with Gasteiger partial charge in [-0.2, -0.15) is 0 Å². The first-order valence-electron chi connectivity index (χ1n) is 9.85. The molecule has 4 N–H and O–H groups in total. The Morgan fingerprint density at radius 2 is 1.97 bits per heavy atom. The summed E-state index contributed by atoms with van der Waals surface area (Å²) < 4.78 is 31.2. The average molecular weight is 495 g/mol. The molecule has 1 unspecified atom stereocenters. The molecule has 0 radical (unpaired) electrons. The Balaban J connectivity index is 0.000000583. The number of methoxy groups -OCH3 is 1. The molecule has 33 heavy (non-hydrogen) atoms. The molecule has 1 saturated heterocycles. The molecule has 1 atom stereocenters. The van der Waals surface area contributed by atoms with Crippen molar-refractivity contribution in [3.05, 3.63) is 33.9 Å². The van der Waals surface area contributed by atoms with Gasteiger partial charge in [0, 0.05) is 37.9 Å². The van der Waals surface area contributed by atoms with E-state index in [1.54, 1.807) is 4.57 Å². The summed E-state index contributed by atoms with van der Waals surface area (Å²) in [4.78, 5) is 49.0. The molecular weight excluding hydrogens is 471 g/mol. The van der Waals surface area contributed by atoms with Crippen LogP contribution in [0.3, 0.4) is 0 Å². The van der Waals surface area contributed by atoms with Gasteiger partial charge in [0.1, 0.15) is 11.3 Å². The minimum atomic E-state index is -4.89. The fraction of sp³-hybridized carbons (Fsp3) is 0.474. The van der Waals surface area contributed by atoms with Crippen molar-refractivity contribution in [2.75, 3.05) is 31.6 Å². The van der Waals surface area contributed by atoms with Gasteiger partial charge in [-0.15, -0.1) is 0 Å². The molecule has 0 bridgehead atoms. The number of anilines is 1. The summed E-state index contributed by atoms with van der Waals surface area (Å²) in [6.45, 7) is 3.97. The number of hydrogen-bond acceptors (Lipinski definition) is 7. The van der Waals surface area contributed by atoms with E-state index in [0.29, 0.717) is 30.0 Å². The molecule has 176 valence electrons. The molecule has 1 aliphatic carbocycles. The number of aromatic carboxylic acids is 1. The van der Waals surface area contributed by atoms with Crippen LogP contribution in [0.25, 0.3) is 10.9 Å². The molecule has 1 aromatic heterocycles. The SMILES string of the molecule is COc1c(N2CCNC(C)C2)c(F)cc2c(=O)c(C(=O)O)cn(C3CC3)c12.O=P([O-])(O)O.[Na+]. The van der Waals surface area contributed by atoms with Crippen LogP contribution in [0, 0.1) is 5.82 Å². The van der Waals surface area contributed by atoms with Crippen LogP contribution in [-0.2, 0) is 4.57 Å². The van der Waals surface area contributed by atoms with E-state index < -0.39 is 25.0 Å². The van der Waals surface area contributed by atoms with Gasteiger partial charge in [-0.05, 0) is 25.8 Å². The van der Waals surface area contributed by atoms with E-state index in [1.807, 2.05) is 11.8 Å². The molecule has 1 saturated carbocycles. The summed E-state index contributed by atoms with van der Waals surface area (Å²) in [5.41, 5.74) is -0.237. The summed E-state index contributed by atoms with van der Waals surface area (Å²) in [5.74, 6) is -1.59. The minimum absolute atomic E-state index is 0. The Labute approximate surface area is 210 Å². The maximum absolute atomic E-state index is 15.1. The topological polar surface area (TPSA) is 164 Å². The van der Waals surface area contributed by atoms with E-state index in [0.717, 1.165) is 25.5 Å². The number of carboxylic acids is 1. The Hall–Kier alpha value is -1.50. The zero-order valence-corrected chi connectivity index (χ0v) is 21.3. The van der Waals surface area contributed by atoms with Crippen molar-refractivity contribution >= 4 is 30.4 Å². The van der Waals surface area contributed by atoms with Gasteiger partial charge in [0.15, 0.2) is 11.6 Å². The molecule has 1 aliphatic heterocycles. The van der Waals surface area contributed by atoms with Crippen LogP contribution in [0.5, 0.6) is 5.75 Å². The van der Waals surface area contributed by atoms with Crippen molar-refractivity contribution in [2.24, 2.45) is 0 Å². The number of carbonyl (C=O) groups is 1. The maximum atomic E-state index is 15.1. The van der Waals surface area contributed by atoms with Crippen LogP contribution in [-0.4, -0.2) is 58.2 Å². The standard InChI is InChI=1S/C19H22FN3O4.Na.H3O4P/c1-10-8-22(6-5-21-10)16-14(20)7-12-15(18(16)27-2)23(11-3-4-11)9-13(17(12)24)19(25)26;;1-5(2,3)4/h7,9-11,21H,3-6,8H2,1-2H3,(H,25,26);;(H3,1,2,3,4)/q;+1;/p-1. The van der Waals surface area contributed by atoms with E-state index >= 15 is 4.39 Å². The third-order valence-electron chi connectivity index (χ3n) is 5.26. The van der Waals surface area contributed by atoms with Gasteiger partial charge in [-0.3, -0.25) is 9.36 Å². The fourth-order valence-corrected chi connectivity index (χ4v) is 3.86. The van der Waals surface area contributed by atoms with Crippen LogP contribution in [0.1, 0.15) is 36.2 Å². The summed E-state index contributed by atoms with van der Waals surface area (Å²) >= 11 is 0. The largest absolute Gasteiger partial charge is 1.00 e. The molecule has 2 aliphatic rings. The molecule has 4 rings (SSSR count). The predicted octanol–water partition coefficient (Wildman–Crippen LogP) is -2.58. The molecule has 2 aromatic rings. The Bertz CT molecular complexity index is 1140. The van der Waals surface area contributed by atoms with Crippen molar-refractivity contribution < 1.29 is 67.8 Å². The number of halogens is 1. The number of nitrogens with zero attached hydrogens (tertiary/aromatic N) is 2. The van der Waals surface area contributed by atoms with Crippen LogP contribution in [0.15, 0.2) is 17.1 Å². The third kappa shape index (κ3) is 6.55. The maximum Gasteiger partial charge on any atom is 1.00 e. The first kappa shape index (κ1) is 27.7. The number of piperazine rings is 1. The number of nitrogens with one attached hydrogen (secondary N) is 1. The third-order valence-corrected chi connectivity index (χ3v) is 5.26. The van der Waals surface area contributed by atoms with Crippen LogP contribution < -0.4 is 54.8 Å². The summed E-state index contributed by atoms with van der Waals surface area (Å²) in [7, 11) is -3.43. The zero-order valence-electron chi connectivity index (χ0n) is 18.4. The molecular formula is C19H24FN3NaO8P. The van der Waals surface area contributed by atoms with Crippen molar-refractivity contribution in [1.29, 1.82) is 0 Å². The van der Waals surface area contributed by atoms with Gasteiger partial charge < -0.3 is 39.3 Å². The number of phosphoric acid groups is 1. The molecule has 14 heteroatoms. The number of ether oxygens (including phenoxy) is 1. The van der Waals surface area contributed by atoms with Gasteiger partial charge in [0.05, 0.1) is 18.0 Å². The molecule has 0 spiro atoms. The van der Waals surface area contributed by atoms with E-state index in [4.69, 9.17) is 24.0 Å². The van der Waals surface area contributed by atoms with Gasteiger partial charge in [-0.1, -0.05) is 0 Å². The zero-order chi connectivity index (χ0) is 23.8. The Kier molecular flexibility index (Phi) is 9.11. The summed E-state index contributed by atoms with van der Waals surface area (Å²) in [6, 6.07) is 1.45. The van der Waals surface area contributed by atoms with Crippen LogP contribution >= 0.6 is 7.82 Å². The van der Waals surface area contributed by atoms with E-state index in [2.05, 4.69) is 5.32 Å². The van der Waals surface area contributed by atoms with Crippen LogP contribution in [0.2, 0.25) is 0 Å². The first-order valence-corrected chi connectivity index (χ1v) is 11.4. The normalized spacial score (nSPS) is 18.2. The molecule has 0 amide bonds. The molecule has 2 fully saturated rings. The number of carboxylic acid groups (broad SMARTS) is 1. The van der Waals surface area contributed by atoms with Crippen molar-refractivity contribution in [2.45, 2.75) is 31.8 Å². The Morgan fingerprint density at radius 1 is 1.36 bits per heavy atom. The number of fused-ring (bicyclic) bond motifs is 1. The Morgan fingerprint density at radius 3 is 2.45 bits per heavy atom. The molecule has 1 aromatic carbocycles. The monoisotopic (exact) mass is 495 g/mol. The number of aromatic nitrogens is 1. The van der Waals surface area contributed by atoms with E-state index in [-0.39, 0.29) is 52.6 Å². The summed E-state index contributed by atoms with van der Waals surface area (Å²) in [6.07, 6.45) is 3.14. The minimum Gasteiger partial charge on any atom is -0.756 e. The van der Waals surface area contributed by atoms with Crippen molar-refractivity contribution in [3.8, 4) is 5.75 Å². The van der Waals surface area contributed by atoms with E-state index in [1.165, 1.54) is 13.3 Å². The second-order valence-electron chi connectivity index (χ2n) is 7.74. The number of pyridine rings is 1. The number of benzene rings is 1. The fourth-order valence-electron chi connectivity index (χ4n) is 3.86. The van der Waals surface area contributed by atoms with E-state index in [9.17, 15) is 14.7 Å². The van der Waals surface area contributed by atoms with Gasteiger partial charge >= 0.3 is 35.5 Å². The number of rotatable bonds is 4. The molecule has 2 heterocycles. The quantitative estimate of drug-likeness (QED) is 0.262. The second-order valence-corrected chi connectivity index (χ2v) is 8.72. The van der Waals surface area contributed by atoms with Crippen molar-refractivity contribution in [3.63, 3.8) is 0 Å². The van der Waals surface area contributed by atoms with Gasteiger partial charge in [0.2, 0.25) is 5.43 Å². The van der Waals surface area contributed by atoms with Gasteiger partial charge in [0.25, 0.3) is 7.82 Å². The van der Waals surface area contributed by atoms with Crippen molar-refractivity contribution in [1.82, 2.24) is 9.88 Å². The number of hydrogen-bond donors (Lipinski definition) is 4. The smallest absolute Gasteiger partial charge is 0.756 e. The second kappa shape index (κ2) is 10.8. The predicted molar refractivity (Wildman–Crippen MR) is 112 cm³/mol. The molecule has 11 nitrogen and oxygen atoms in total. The van der Waals surface area contributed by atoms with Crippen LogP contribution in [0.4, 0.5) is 10.1 Å². The summed E-state index contributed by atoms with van der Waals surface area (Å²) in [5, 5.41) is 12.7. The average Bonchev–Trinajstić information content (AvgIpc) is 3.51. The van der Waals surface area contributed by atoms with Gasteiger partial charge in [-0.25, -0.2) is 9.18 Å².